The predicted molar refractivity (Wildman–Crippen MR) is 81.8 cm³/mol. The van der Waals surface area contributed by atoms with Gasteiger partial charge in [-0.25, -0.2) is 9.50 Å². The summed E-state index contributed by atoms with van der Waals surface area (Å²) in [7, 11) is 0. The van der Waals surface area contributed by atoms with E-state index in [0.717, 1.165) is 38.0 Å². The molecule has 0 aliphatic carbocycles. The molecule has 0 aromatic carbocycles. The van der Waals surface area contributed by atoms with E-state index in [1.54, 1.807) is 4.52 Å². The maximum atomic E-state index is 12.0. The van der Waals surface area contributed by atoms with Gasteiger partial charge in [-0.05, 0) is 24.9 Å². The number of aromatic nitrogens is 4. The van der Waals surface area contributed by atoms with E-state index in [1.807, 2.05) is 12.4 Å². The zero-order valence-electron chi connectivity index (χ0n) is 12.9. The molecule has 8 heteroatoms. The van der Waals surface area contributed by atoms with Gasteiger partial charge in [-0.1, -0.05) is 0 Å². The zero-order chi connectivity index (χ0) is 15.6. The summed E-state index contributed by atoms with van der Waals surface area (Å²) < 4.78 is 7.25. The van der Waals surface area contributed by atoms with Crippen LogP contribution in [0.25, 0.3) is 5.78 Å². The molecular weight excluding hydrogens is 296 g/mol. The Labute approximate surface area is 133 Å². The van der Waals surface area contributed by atoms with Crippen molar-refractivity contribution in [3.05, 3.63) is 24.3 Å². The molecule has 2 aromatic heterocycles. The highest BCUT2D eigenvalue weighted by Gasteiger charge is 2.32. The molecule has 1 amide bonds. The van der Waals surface area contributed by atoms with Gasteiger partial charge in [0.15, 0.2) is 0 Å². The molecule has 2 aromatic rings. The number of nitrogens with one attached hydrogen (secondary N) is 1. The second-order valence-corrected chi connectivity index (χ2v) is 6.27. The van der Waals surface area contributed by atoms with Crippen LogP contribution in [0.5, 0.6) is 0 Å². The normalized spacial score (nSPS) is 25.3. The molecule has 4 heterocycles. The molecule has 2 aliphatic heterocycles. The highest BCUT2D eigenvalue weighted by Crippen LogP contribution is 2.14. The lowest BCUT2D eigenvalue weighted by Crippen LogP contribution is -2.42. The molecule has 2 bridgehead atoms. The molecule has 0 unspecified atom stereocenters. The second-order valence-electron chi connectivity index (χ2n) is 6.27. The van der Waals surface area contributed by atoms with Crippen molar-refractivity contribution in [2.45, 2.75) is 18.9 Å². The summed E-state index contributed by atoms with van der Waals surface area (Å²) in [6.45, 7) is 3.76. The minimum absolute atomic E-state index is 0.0457. The zero-order valence-corrected chi connectivity index (χ0v) is 12.9. The number of carbonyl (C=O) groups excluding carboxylic acids is 1. The quantitative estimate of drug-likeness (QED) is 0.819. The minimum atomic E-state index is -0.0457. The van der Waals surface area contributed by atoms with E-state index in [1.165, 1.54) is 6.33 Å². The molecule has 2 saturated heterocycles. The second kappa shape index (κ2) is 6.21. The van der Waals surface area contributed by atoms with Crippen molar-refractivity contribution in [1.29, 1.82) is 0 Å². The highest BCUT2D eigenvalue weighted by atomic mass is 16.5. The summed E-state index contributed by atoms with van der Waals surface area (Å²) >= 11 is 0. The van der Waals surface area contributed by atoms with Crippen molar-refractivity contribution in [2.24, 2.45) is 5.92 Å². The third-order valence-electron chi connectivity index (χ3n) is 4.44. The Bertz CT molecular complexity index is 702. The van der Waals surface area contributed by atoms with Gasteiger partial charge in [0.1, 0.15) is 6.33 Å². The van der Waals surface area contributed by atoms with Crippen LogP contribution < -0.4 is 5.32 Å². The van der Waals surface area contributed by atoms with Crippen molar-refractivity contribution in [1.82, 2.24) is 29.8 Å². The van der Waals surface area contributed by atoms with Crippen LogP contribution in [0.4, 0.5) is 0 Å². The standard InChI is InChI=1S/C15H20N6O2/c22-14-12-6-20(7-13(19-14)9-23-8-12)3-1-2-11-4-16-15-17-10-18-21(15)5-11/h4-5,10,12-13H,1-3,6-9H2,(H,19,22)/t12-,13+/m1/s1. The molecule has 0 spiro atoms. The Hall–Kier alpha value is -2.06. The summed E-state index contributed by atoms with van der Waals surface area (Å²) in [6.07, 6.45) is 7.31. The van der Waals surface area contributed by atoms with E-state index in [2.05, 4.69) is 25.3 Å². The van der Waals surface area contributed by atoms with Gasteiger partial charge in [0.05, 0.1) is 25.2 Å². The fourth-order valence-electron chi connectivity index (χ4n) is 3.30. The van der Waals surface area contributed by atoms with Gasteiger partial charge in [-0.3, -0.25) is 4.79 Å². The maximum absolute atomic E-state index is 12.0. The number of aryl methyl sites for hydroxylation is 1. The Kier molecular flexibility index (Phi) is 3.92. The van der Waals surface area contributed by atoms with Crippen molar-refractivity contribution in [3.63, 3.8) is 0 Å². The Morgan fingerprint density at radius 2 is 2.26 bits per heavy atom. The fraction of sp³-hybridized carbons (Fsp3) is 0.600. The van der Waals surface area contributed by atoms with Crippen molar-refractivity contribution < 1.29 is 9.53 Å². The van der Waals surface area contributed by atoms with Gasteiger partial charge in [0.2, 0.25) is 5.91 Å². The Morgan fingerprint density at radius 3 is 3.22 bits per heavy atom. The number of nitrogens with zero attached hydrogens (tertiary/aromatic N) is 5. The summed E-state index contributed by atoms with van der Waals surface area (Å²) in [4.78, 5) is 22.7. The van der Waals surface area contributed by atoms with Gasteiger partial charge in [-0.15, -0.1) is 0 Å². The Morgan fingerprint density at radius 1 is 1.30 bits per heavy atom. The topological polar surface area (TPSA) is 84.6 Å². The summed E-state index contributed by atoms with van der Waals surface area (Å²) in [6, 6.07) is 0.114. The van der Waals surface area contributed by atoms with Crippen molar-refractivity contribution >= 4 is 11.7 Å². The van der Waals surface area contributed by atoms with Crippen LogP contribution in [0.15, 0.2) is 18.7 Å². The molecule has 122 valence electrons. The van der Waals surface area contributed by atoms with Gasteiger partial charge in [-0.2, -0.15) is 10.1 Å². The van der Waals surface area contributed by atoms with E-state index < -0.39 is 0 Å². The number of carbonyl (C=O) groups is 1. The molecular formula is C15H20N6O2. The van der Waals surface area contributed by atoms with Gasteiger partial charge in [0.25, 0.3) is 5.78 Å². The molecule has 4 rings (SSSR count). The Balaban J connectivity index is 1.34. The average Bonchev–Trinajstić information content (AvgIpc) is 2.85. The first kappa shape index (κ1) is 14.5. The number of hydrogen-bond donors (Lipinski definition) is 1. The van der Waals surface area contributed by atoms with Gasteiger partial charge >= 0.3 is 0 Å². The van der Waals surface area contributed by atoms with Crippen LogP contribution in [0.3, 0.4) is 0 Å². The van der Waals surface area contributed by atoms with Crippen LogP contribution >= 0.6 is 0 Å². The molecule has 2 fully saturated rings. The number of ether oxygens (including phenoxy) is 1. The van der Waals surface area contributed by atoms with Crippen molar-refractivity contribution in [3.8, 4) is 0 Å². The molecule has 1 N–H and O–H groups in total. The first-order valence-electron chi connectivity index (χ1n) is 8.03. The van der Waals surface area contributed by atoms with Crippen LogP contribution in [0.2, 0.25) is 0 Å². The summed E-state index contributed by atoms with van der Waals surface area (Å²) in [5.41, 5.74) is 1.15. The average molecular weight is 316 g/mol. The predicted octanol–water partition coefficient (Wildman–Crippen LogP) is -0.496. The van der Waals surface area contributed by atoms with E-state index in [-0.39, 0.29) is 17.9 Å². The number of hydrogen-bond acceptors (Lipinski definition) is 6. The smallest absolute Gasteiger partial charge is 0.252 e. The van der Waals surface area contributed by atoms with E-state index >= 15 is 0 Å². The van der Waals surface area contributed by atoms with E-state index in [0.29, 0.717) is 19.0 Å². The lowest BCUT2D eigenvalue weighted by atomic mass is 10.1. The van der Waals surface area contributed by atoms with Crippen LogP contribution in [-0.4, -0.2) is 69.3 Å². The number of rotatable bonds is 4. The maximum Gasteiger partial charge on any atom is 0.252 e. The summed E-state index contributed by atoms with van der Waals surface area (Å²) in [5.74, 6) is 0.713. The lowest BCUT2D eigenvalue weighted by Gasteiger charge is -2.27. The lowest BCUT2D eigenvalue weighted by molar-refractivity contribution is -0.125. The first-order valence-corrected chi connectivity index (χ1v) is 8.03. The summed E-state index contributed by atoms with van der Waals surface area (Å²) in [5, 5.41) is 7.17. The molecule has 23 heavy (non-hydrogen) atoms. The van der Waals surface area contributed by atoms with Gasteiger partial charge in [0, 0.05) is 25.5 Å². The van der Waals surface area contributed by atoms with Crippen molar-refractivity contribution in [2.75, 3.05) is 32.8 Å². The largest absolute Gasteiger partial charge is 0.378 e. The molecule has 0 radical (unpaired) electrons. The third kappa shape index (κ3) is 3.18. The van der Waals surface area contributed by atoms with Crippen LogP contribution in [0.1, 0.15) is 12.0 Å². The number of amides is 1. The molecule has 0 saturated carbocycles. The first-order chi connectivity index (χ1) is 11.3. The third-order valence-corrected chi connectivity index (χ3v) is 4.44. The highest BCUT2D eigenvalue weighted by molar-refractivity contribution is 5.79. The van der Waals surface area contributed by atoms with Crippen LogP contribution in [0, 0.1) is 5.92 Å². The monoisotopic (exact) mass is 316 g/mol. The molecule has 2 aliphatic rings. The molecule has 2 atom stereocenters. The van der Waals surface area contributed by atoms with Gasteiger partial charge < -0.3 is 15.0 Å². The van der Waals surface area contributed by atoms with Crippen LogP contribution in [-0.2, 0) is 16.0 Å². The fourth-order valence-corrected chi connectivity index (χ4v) is 3.30. The van der Waals surface area contributed by atoms with E-state index in [9.17, 15) is 4.79 Å². The SMILES string of the molecule is O=C1N[C@@H]2COC[C@H]1CN(CCCc1cnc3ncnn3c1)C2. The van der Waals surface area contributed by atoms with E-state index in [4.69, 9.17) is 4.74 Å². The minimum Gasteiger partial charge on any atom is -0.378 e. The number of fused-ring (bicyclic) bond motifs is 4. The molecule has 8 nitrogen and oxygen atoms in total.